The van der Waals surface area contributed by atoms with Gasteiger partial charge in [-0.3, -0.25) is 0 Å². The van der Waals surface area contributed by atoms with Crippen LogP contribution >= 0.6 is 9.90 Å². The molecule has 114 valence electrons. The third-order valence-electron chi connectivity index (χ3n) is 3.33. The summed E-state index contributed by atoms with van der Waals surface area (Å²) < 4.78 is 5.32. The molecule has 0 heterocycles. The first-order valence-corrected chi connectivity index (χ1v) is 7.06. The second-order valence-corrected chi connectivity index (χ2v) is 6.22. The molecule has 0 aliphatic rings. The van der Waals surface area contributed by atoms with E-state index < -0.39 is 0 Å². The van der Waals surface area contributed by atoms with Gasteiger partial charge in [-0.25, -0.2) is 4.79 Å². The lowest BCUT2D eigenvalue weighted by Crippen LogP contribution is -2.15. The molecule has 1 unspecified atom stereocenters. The maximum atomic E-state index is 12.1. The quantitative estimate of drug-likeness (QED) is 0.460. The molecule has 0 aromatic heterocycles. The highest BCUT2D eigenvalue weighted by atomic mass is 31.0. The summed E-state index contributed by atoms with van der Waals surface area (Å²) in [6, 6.07) is 4.20. The number of hydrogen-bond acceptors (Lipinski definition) is 2. The number of rotatable bonds is 4. The van der Waals surface area contributed by atoms with Crippen molar-refractivity contribution < 1.29 is 9.53 Å². The molecule has 1 aromatic carbocycles. The lowest BCUT2D eigenvalue weighted by molar-refractivity contribution is 0.0498. The molecule has 0 amide bonds. The highest BCUT2D eigenvalue weighted by molar-refractivity contribution is 6.92. The van der Waals surface area contributed by atoms with Crippen LogP contribution in [0.4, 0.5) is 0 Å². The van der Waals surface area contributed by atoms with Gasteiger partial charge in [-0.15, -0.1) is 0 Å². The van der Waals surface area contributed by atoms with Gasteiger partial charge < -0.3 is 4.74 Å². The third kappa shape index (κ3) is 4.90. The normalized spacial score (nSPS) is 10.9. The molecule has 0 spiro atoms. The fourth-order valence-electron chi connectivity index (χ4n) is 2.10. The number of aryl methyl sites for hydroxylation is 2. The molecule has 0 N–H and O–H groups in total. The van der Waals surface area contributed by atoms with E-state index in [9.17, 15) is 4.79 Å². The Morgan fingerprint density at radius 1 is 1.15 bits per heavy atom. The van der Waals surface area contributed by atoms with E-state index in [0.29, 0.717) is 6.61 Å². The first-order chi connectivity index (χ1) is 8.77. The van der Waals surface area contributed by atoms with Gasteiger partial charge in [0, 0.05) is 0 Å². The standard InChI is InChI=1S/C17H26O2.H3P/c1-7-8-9-19-16(18)15-12(2)10-14(11-13(15)3)17(4,5)6;/h10-11H,7-9H2,1-6H3;1H3. The van der Waals surface area contributed by atoms with Crippen LogP contribution in [0.15, 0.2) is 12.1 Å². The molecular weight excluding hydrogens is 267 g/mol. The van der Waals surface area contributed by atoms with Gasteiger partial charge in [-0.05, 0) is 42.4 Å². The number of unbranched alkanes of at least 4 members (excludes halogenated alkanes) is 1. The zero-order valence-electron chi connectivity index (χ0n) is 13.8. The third-order valence-corrected chi connectivity index (χ3v) is 3.33. The number of ether oxygens (including phenoxy) is 1. The summed E-state index contributed by atoms with van der Waals surface area (Å²) in [6.07, 6.45) is 1.96. The van der Waals surface area contributed by atoms with Crippen molar-refractivity contribution in [2.45, 2.75) is 59.8 Å². The van der Waals surface area contributed by atoms with Crippen molar-refractivity contribution in [3.8, 4) is 0 Å². The molecule has 0 saturated carbocycles. The van der Waals surface area contributed by atoms with Gasteiger partial charge in [0.1, 0.15) is 0 Å². The first-order valence-electron chi connectivity index (χ1n) is 7.06. The molecule has 1 aromatic rings. The van der Waals surface area contributed by atoms with Crippen molar-refractivity contribution in [1.82, 2.24) is 0 Å². The van der Waals surface area contributed by atoms with Gasteiger partial charge in [-0.1, -0.05) is 46.2 Å². The molecule has 0 bridgehead atoms. The van der Waals surface area contributed by atoms with Crippen LogP contribution in [0.1, 0.15) is 67.6 Å². The Balaban J connectivity index is 0.00000361. The molecule has 2 nitrogen and oxygen atoms in total. The van der Waals surface area contributed by atoms with Gasteiger partial charge in [0.2, 0.25) is 0 Å². The van der Waals surface area contributed by atoms with Crippen LogP contribution in [-0.4, -0.2) is 12.6 Å². The van der Waals surface area contributed by atoms with E-state index in [1.54, 1.807) is 0 Å². The van der Waals surface area contributed by atoms with Crippen molar-refractivity contribution in [3.05, 3.63) is 34.4 Å². The van der Waals surface area contributed by atoms with Crippen molar-refractivity contribution in [2.75, 3.05) is 6.61 Å². The predicted octanol–water partition coefficient (Wildman–Crippen LogP) is 4.62. The molecule has 0 aliphatic carbocycles. The number of carbonyl (C=O) groups is 1. The van der Waals surface area contributed by atoms with Crippen LogP contribution in [0.3, 0.4) is 0 Å². The van der Waals surface area contributed by atoms with Crippen molar-refractivity contribution in [3.63, 3.8) is 0 Å². The Morgan fingerprint density at radius 3 is 2.05 bits per heavy atom. The molecule has 0 aliphatic heterocycles. The summed E-state index contributed by atoms with van der Waals surface area (Å²) in [7, 11) is 0. The van der Waals surface area contributed by atoms with Gasteiger partial charge in [0.25, 0.3) is 0 Å². The Bertz CT molecular complexity index is 436. The van der Waals surface area contributed by atoms with Crippen LogP contribution < -0.4 is 0 Å². The van der Waals surface area contributed by atoms with Crippen molar-refractivity contribution in [2.24, 2.45) is 0 Å². The van der Waals surface area contributed by atoms with Crippen LogP contribution in [0, 0.1) is 13.8 Å². The fraction of sp³-hybridized carbons (Fsp3) is 0.588. The minimum absolute atomic E-state index is 0. The minimum atomic E-state index is -0.191. The van der Waals surface area contributed by atoms with E-state index in [-0.39, 0.29) is 21.3 Å². The summed E-state index contributed by atoms with van der Waals surface area (Å²) in [5.74, 6) is -0.191. The smallest absolute Gasteiger partial charge is 0.338 e. The highest BCUT2D eigenvalue weighted by Gasteiger charge is 2.19. The lowest BCUT2D eigenvalue weighted by atomic mass is 9.84. The summed E-state index contributed by atoms with van der Waals surface area (Å²) in [5.41, 5.74) is 4.09. The number of hydrogen-bond donors (Lipinski definition) is 0. The summed E-state index contributed by atoms with van der Waals surface area (Å²) >= 11 is 0. The van der Waals surface area contributed by atoms with E-state index in [4.69, 9.17) is 4.74 Å². The molecule has 0 radical (unpaired) electrons. The Morgan fingerprint density at radius 2 is 1.65 bits per heavy atom. The molecular formula is C17H29O2P. The van der Waals surface area contributed by atoms with E-state index in [1.807, 2.05) is 13.8 Å². The SMILES string of the molecule is CCCCOC(=O)c1c(C)cc(C(C)(C)C)cc1C.P. The Kier molecular flexibility index (Phi) is 7.44. The molecule has 0 fully saturated rings. The first kappa shape index (κ1) is 19.1. The maximum Gasteiger partial charge on any atom is 0.338 e. The van der Waals surface area contributed by atoms with Crippen LogP contribution in [-0.2, 0) is 10.2 Å². The zero-order chi connectivity index (χ0) is 14.6. The summed E-state index contributed by atoms with van der Waals surface area (Å²) in [6.45, 7) is 13.1. The van der Waals surface area contributed by atoms with E-state index >= 15 is 0 Å². The van der Waals surface area contributed by atoms with Gasteiger partial charge >= 0.3 is 5.97 Å². The zero-order valence-corrected chi connectivity index (χ0v) is 15.2. The van der Waals surface area contributed by atoms with Gasteiger partial charge in [-0.2, -0.15) is 9.90 Å². The number of esters is 1. The Labute approximate surface area is 126 Å². The van der Waals surface area contributed by atoms with Gasteiger partial charge in [0.05, 0.1) is 12.2 Å². The van der Waals surface area contributed by atoms with Crippen LogP contribution in [0.25, 0.3) is 0 Å². The van der Waals surface area contributed by atoms with E-state index in [2.05, 4.69) is 39.8 Å². The van der Waals surface area contributed by atoms with Crippen molar-refractivity contribution in [1.29, 1.82) is 0 Å². The average Bonchev–Trinajstić information content (AvgIpc) is 2.27. The Hall–Kier alpha value is -0.880. The van der Waals surface area contributed by atoms with Crippen molar-refractivity contribution >= 4 is 15.9 Å². The topological polar surface area (TPSA) is 26.3 Å². The summed E-state index contributed by atoms with van der Waals surface area (Å²) in [5, 5.41) is 0. The number of carbonyl (C=O) groups excluding carboxylic acids is 1. The number of benzene rings is 1. The average molecular weight is 296 g/mol. The monoisotopic (exact) mass is 296 g/mol. The molecule has 20 heavy (non-hydrogen) atoms. The lowest BCUT2D eigenvalue weighted by Gasteiger charge is -2.22. The summed E-state index contributed by atoms with van der Waals surface area (Å²) in [4.78, 5) is 12.1. The highest BCUT2D eigenvalue weighted by Crippen LogP contribution is 2.27. The molecule has 1 rings (SSSR count). The second kappa shape index (κ2) is 7.78. The van der Waals surface area contributed by atoms with Crippen LogP contribution in [0.2, 0.25) is 0 Å². The predicted molar refractivity (Wildman–Crippen MR) is 90.9 cm³/mol. The molecule has 0 saturated heterocycles. The van der Waals surface area contributed by atoms with E-state index in [0.717, 1.165) is 29.5 Å². The molecule has 3 heteroatoms. The molecule has 1 atom stereocenters. The maximum absolute atomic E-state index is 12.1. The minimum Gasteiger partial charge on any atom is -0.462 e. The fourth-order valence-corrected chi connectivity index (χ4v) is 2.10. The largest absolute Gasteiger partial charge is 0.462 e. The van der Waals surface area contributed by atoms with Crippen LogP contribution in [0.5, 0.6) is 0 Å². The van der Waals surface area contributed by atoms with Gasteiger partial charge in [0.15, 0.2) is 0 Å². The second-order valence-electron chi connectivity index (χ2n) is 6.22. The van der Waals surface area contributed by atoms with E-state index in [1.165, 1.54) is 5.56 Å².